The Hall–Kier alpha value is -0.800. The van der Waals surface area contributed by atoms with Crippen molar-refractivity contribution >= 4 is 33.4 Å². The molecule has 0 atom stereocenters. The Balaban J connectivity index is 2.21. The van der Waals surface area contributed by atoms with Crippen LogP contribution < -0.4 is 0 Å². The maximum Gasteiger partial charge on any atom is 0.254 e. The second kappa shape index (κ2) is 5.23. The maximum atomic E-state index is 12.3. The summed E-state index contributed by atoms with van der Waals surface area (Å²) in [5.41, 5.74) is 0.662. The molecule has 4 heteroatoms. The van der Waals surface area contributed by atoms with Crippen LogP contribution in [0.2, 0.25) is 5.02 Å². The van der Waals surface area contributed by atoms with Crippen LogP contribution in [0.4, 0.5) is 0 Å². The second-order valence-corrected chi connectivity index (χ2v) is 5.37. The number of carbonyl (C=O) groups excluding carboxylic acids is 1. The van der Waals surface area contributed by atoms with Crippen molar-refractivity contribution in [3.8, 4) is 0 Å². The number of hydrogen-bond acceptors (Lipinski definition) is 1. The molecule has 1 amide bonds. The largest absolute Gasteiger partial charge is 0.332 e. The van der Waals surface area contributed by atoms with Gasteiger partial charge in [-0.3, -0.25) is 4.79 Å². The molecule has 1 aliphatic rings. The van der Waals surface area contributed by atoms with E-state index in [0.717, 1.165) is 17.3 Å². The van der Waals surface area contributed by atoms with Gasteiger partial charge in [-0.1, -0.05) is 17.7 Å². The first kappa shape index (κ1) is 12.7. The molecule has 0 unspecified atom stereocenters. The van der Waals surface area contributed by atoms with Gasteiger partial charge in [0.15, 0.2) is 0 Å². The summed E-state index contributed by atoms with van der Waals surface area (Å²) in [4.78, 5) is 14.2. The van der Waals surface area contributed by atoms with Gasteiger partial charge in [0.1, 0.15) is 0 Å². The fourth-order valence-electron chi connectivity index (χ4n) is 1.72. The van der Waals surface area contributed by atoms with Gasteiger partial charge in [0.05, 0.1) is 5.02 Å². The number of hydrogen-bond donors (Lipinski definition) is 0. The number of halogens is 2. The van der Waals surface area contributed by atoms with Gasteiger partial charge >= 0.3 is 0 Å². The molecule has 2 rings (SSSR count). The minimum absolute atomic E-state index is 0.0461. The first-order valence-corrected chi connectivity index (χ1v) is 6.67. The van der Waals surface area contributed by atoms with Gasteiger partial charge in [0.2, 0.25) is 0 Å². The van der Waals surface area contributed by atoms with E-state index in [1.54, 1.807) is 24.3 Å². The number of carbonyl (C=O) groups is 1. The Morgan fingerprint density at radius 2 is 2.29 bits per heavy atom. The molecule has 0 radical (unpaired) electrons. The predicted molar refractivity (Wildman–Crippen MR) is 73.4 cm³/mol. The highest BCUT2D eigenvalue weighted by Crippen LogP contribution is 2.29. The molecule has 1 aromatic carbocycles. The molecular weight excluding hydrogens is 302 g/mol. The number of nitrogens with zero attached hydrogens (tertiary/aromatic N) is 1. The van der Waals surface area contributed by atoms with E-state index in [9.17, 15) is 4.79 Å². The lowest BCUT2D eigenvalue weighted by molar-refractivity contribution is 0.0762. The first-order chi connectivity index (χ1) is 8.13. The highest BCUT2D eigenvalue weighted by atomic mass is 79.9. The van der Waals surface area contributed by atoms with Crippen LogP contribution in [-0.2, 0) is 0 Å². The molecule has 0 aliphatic heterocycles. The lowest BCUT2D eigenvalue weighted by atomic mass is 10.2. The van der Waals surface area contributed by atoms with E-state index in [1.807, 2.05) is 4.90 Å². The van der Waals surface area contributed by atoms with Gasteiger partial charge in [0, 0.05) is 22.6 Å². The minimum atomic E-state index is 0.0461. The standard InChI is InChI=1S/C13H13BrClNO/c1-2-7-16(10-4-5-10)13(17)9-3-6-12(15)11(14)8-9/h2-3,6,8,10H,1,4-5,7H2. The van der Waals surface area contributed by atoms with Gasteiger partial charge in [0.25, 0.3) is 5.91 Å². The van der Waals surface area contributed by atoms with Gasteiger partial charge in [-0.05, 0) is 47.0 Å². The number of benzene rings is 1. The lowest BCUT2D eigenvalue weighted by Crippen LogP contribution is -2.33. The van der Waals surface area contributed by atoms with Crippen LogP contribution in [0.15, 0.2) is 35.3 Å². The predicted octanol–water partition coefficient (Wildman–Crippen LogP) is 3.89. The molecule has 0 spiro atoms. The SMILES string of the molecule is C=CCN(C(=O)c1ccc(Cl)c(Br)c1)C1CC1. The summed E-state index contributed by atoms with van der Waals surface area (Å²) in [7, 11) is 0. The van der Waals surface area contributed by atoms with Crippen molar-refractivity contribution < 1.29 is 4.79 Å². The molecule has 17 heavy (non-hydrogen) atoms. The van der Waals surface area contributed by atoms with Crippen molar-refractivity contribution in [2.24, 2.45) is 0 Å². The summed E-state index contributed by atoms with van der Waals surface area (Å²) in [5, 5.41) is 0.614. The monoisotopic (exact) mass is 313 g/mol. The van der Waals surface area contributed by atoms with Gasteiger partial charge in [-0.15, -0.1) is 6.58 Å². The average molecular weight is 315 g/mol. The molecule has 0 bridgehead atoms. The zero-order valence-electron chi connectivity index (χ0n) is 9.33. The van der Waals surface area contributed by atoms with E-state index < -0.39 is 0 Å². The van der Waals surface area contributed by atoms with Crippen LogP contribution in [0, 0.1) is 0 Å². The summed E-state index contributed by atoms with van der Waals surface area (Å²) >= 11 is 9.25. The summed E-state index contributed by atoms with van der Waals surface area (Å²) in [6, 6.07) is 5.64. The quantitative estimate of drug-likeness (QED) is 0.772. The van der Waals surface area contributed by atoms with Crippen LogP contribution in [0.1, 0.15) is 23.2 Å². The molecule has 0 saturated heterocycles. The summed E-state index contributed by atoms with van der Waals surface area (Å²) < 4.78 is 0.749. The third-order valence-electron chi connectivity index (χ3n) is 2.74. The van der Waals surface area contributed by atoms with E-state index in [1.165, 1.54) is 0 Å². The highest BCUT2D eigenvalue weighted by molar-refractivity contribution is 9.10. The van der Waals surface area contributed by atoms with E-state index in [4.69, 9.17) is 11.6 Å². The Morgan fingerprint density at radius 1 is 1.59 bits per heavy atom. The zero-order valence-corrected chi connectivity index (χ0v) is 11.7. The normalized spacial score (nSPS) is 14.5. The Bertz CT molecular complexity index is 457. The van der Waals surface area contributed by atoms with Crippen LogP contribution in [-0.4, -0.2) is 23.4 Å². The maximum absolute atomic E-state index is 12.3. The zero-order chi connectivity index (χ0) is 12.4. The smallest absolute Gasteiger partial charge is 0.254 e. The first-order valence-electron chi connectivity index (χ1n) is 5.50. The average Bonchev–Trinajstić information content (AvgIpc) is 3.13. The van der Waals surface area contributed by atoms with Crippen LogP contribution in [0.5, 0.6) is 0 Å². The fourth-order valence-corrected chi connectivity index (χ4v) is 2.21. The topological polar surface area (TPSA) is 20.3 Å². The molecule has 1 saturated carbocycles. The van der Waals surface area contributed by atoms with Crippen molar-refractivity contribution in [1.29, 1.82) is 0 Å². The fraction of sp³-hybridized carbons (Fsp3) is 0.308. The number of rotatable bonds is 4. The van der Waals surface area contributed by atoms with Crippen LogP contribution in [0.3, 0.4) is 0 Å². The highest BCUT2D eigenvalue weighted by Gasteiger charge is 2.32. The van der Waals surface area contributed by atoms with E-state index in [2.05, 4.69) is 22.5 Å². The van der Waals surface area contributed by atoms with Crippen molar-refractivity contribution in [2.45, 2.75) is 18.9 Å². The molecule has 2 nitrogen and oxygen atoms in total. The molecule has 1 fully saturated rings. The Kier molecular flexibility index (Phi) is 3.89. The summed E-state index contributed by atoms with van der Waals surface area (Å²) in [6.45, 7) is 4.30. The van der Waals surface area contributed by atoms with E-state index in [-0.39, 0.29) is 5.91 Å². The van der Waals surface area contributed by atoms with Crippen molar-refractivity contribution in [1.82, 2.24) is 4.90 Å². The van der Waals surface area contributed by atoms with Crippen LogP contribution in [0.25, 0.3) is 0 Å². The van der Waals surface area contributed by atoms with Crippen molar-refractivity contribution in [3.63, 3.8) is 0 Å². The lowest BCUT2D eigenvalue weighted by Gasteiger charge is -2.20. The van der Waals surface area contributed by atoms with Gasteiger partial charge < -0.3 is 4.90 Å². The van der Waals surface area contributed by atoms with Gasteiger partial charge in [-0.2, -0.15) is 0 Å². The third-order valence-corrected chi connectivity index (χ3v) is 3.95. The second-order valence-electron chi connectivity index (χ2n) is 4.11. The molecule has 0 N–H and O–H groups in total. The van der Waals surface area contributed by atoms with E-state index >= 15 is 0 Å². The molecule has 1 aliphatic carbocycles. The molecule has 90 valence electrons. The van der Waals surface area contributed by atoms with Crippen LogP contribution >= 0.6 is 27.5 Å². The minimum Gasteiger partial charge on any atom is -0.332 e. The van der Waals surface area contributed by atoms with Crippen molar-refractivity contribution in [3.05, 3.63) is 45.9 Å². The van der Waals surface area contributed by atoms with E-state index in [0.29, 0.717) is 23.2 Å². The third kappa shape index (κ3) is 2.90. The Morgan fingerprint density at radius 3 is 2.82 bits per heavy atom. The molecular formula is C13H13BrClNO. The molecule has 1 aromatic rings. The molecule has 0 heterocycles. The number of amides is 1. The summed E-state index contributed by atoms with van der Waals surface area (Å²) in [5.74, 6) is 0.0461. The Labute approximate surface area is 114 Å². The van der Waals surface area contributed by atoms with Crippen molar-refractivity contribution in [2.75, 3.05) is 6.54 Å². The molecule has 0 aromatic heterocycles. The summed E-state index contributed by atoms with van der Waals surface area (Å²) in [6.07, 6.45) is 3.95. The van der Waals surface area contributed by atoms with Gasteiger partial charge in [-0.25, -0.2) is 0 Å².